The molecule has 5 rings (SSSR count). The van der Waals surface area contributed by atoms with Gasteiger partial charge in [-0.1, -0.05) is 29.8 Å². The highest BCUT2D eigenvalue weighted by Crippen LogP contribution is 2.39. The van der Waals surface area contributed by atoms with Gasteiger partial charge in [0.05, 0.1) is 26.2 Å². The number of anilines is 3. The minimum absolute atomic E-state index is 0.0375. The molecule has 2 aliphatic heterocycles. The molecular weight excluding hydrogens is 426 g/mol. The molecule has 0 aliphatic carbocycles. The van der Waals surface area contributed by atoms with Crippen LogP contribution in [0.4, 0.5) is 17.1 Å². The molecule has 0 unspecified atom stereocenters. The van der Waals surface area contributed by atoms with Crippen molar-refractivity contribution in [2.75, 3.05) is 49.0 Å². The van der Waals surface area contributed by atoms with E-state index >= 15 is 0 Å². The first-order chi connectivity index (χ1) is 16.6. The quantitative estimate of drug-likeness (QED) is 0.611. The lowest BCUT2D eigenvalue weighted by Crippen LogP contribution is -2.60. The molecular formula is C28H31N3O3. The molecule has 0 aromatic heterocycles. The van der Waals surface area contributed by atoms with Crippen LogP contribution in [-0.4, -0.2) is 45.8 Å². The summed E-state index contributed by atoms with van der Waals surface area (Å²) in [6.45, 7) is 4.64. The van der Waals surface area contributed by atoms with Crippen molar-refractivity contribution in [3.05, 3.63) is 77.9 Å². The zero-order chi connectivity index (χ0) is 23.7. The number of carbonyl (C=O) groups excluding carboxylic acids is 1. The number of carbonyl (C=O) groups is 1. The van der Waals surface area contributed by atoms with E-state index in [4.69, 9.17) is 9.47 Å². The Bertz CT molecular complexity index is 1180. The third kappa shape index (κ3) is 4.28. The van der Waals surface area contributed by atoms with E-state index in [1.807, 2.05) is 30.3 Å². The van der Waals surface area contributed by atoms with Crippen LogP contribution < -0.4 is 24.6 Å². The number of ether oxygens (including phenoxy) is 2. The Morgan fingerprint density at radius 1 is 0.941 bits per heavy atom. The first-order valence-corrected chi connectivity index (χ1v) is 11.8. The summed E-state index contributed by atoms with van der Waals surface area (Å²) in [6, 6.07) is 22.4. The van der Waals surface area contributed by atoms with Crippen LogP contribution in [0.3, 0.4) is 0 Å². The number of nitrogens with one attached hydrogen (secondary N) is 1. The molecule has 3 aromatic carbocycles. The minimum atomic E-state index is -0.180. The van der Waals surface area contributed by atoms with Gasteiger partial charge >= 0.3 is 0 Å². The first-order valence-electron chi connectivity index (χ1n) is 11.8. The van der Waals surface area contributed by atoms with Crippen LogP contribution in [0.5, 0.6) is 11.5 Å². The Balaban J connectivity index is 1.46. The van der Waals surface area contributed by atoms with Crippen LogP contribution in [0, 0.1) is 12.8 Å². The maximum absolute atomic E-state index is 13.6. The van der Waals surface area contributed by atoms with E-state index in [0.717, 1.165) is 36.8 Å². The summed E-state index contributed by atoms with van der Waals surface area (Å²) < 4.78 is 10.8. The largest absolute Gasteiger partial charge is 0.497 e. The van der Waals surface area contributed by atoms with E-state index in [1.54, 1.807) is 14.2 Å². The van der Waals surface area contributed by atoms with Gasteiger partial charge in [-0.25, -0.2) is 0 Å². The van der Waals surface area contributed by atoms with E-state index in [1.165, 1.54) is 22.5 Å². The molecule has 2 heterocycles. The van der Waals surface area contributed by atoms with Crippen LogP contribution in [0.1, 0.15) is 11.1 Å². The molecule has 6 nitrogen and oxygen atoms in total. The average molecular weight is 458 g/mol. The maximum Gasteiger partial charge on any atom is 0.229 e. The Labute approximate surface area is 201 Å². The van der Waals surface area contributed by atoms with Gasteiger partial charge in [-0.2, -0.15) is 0 Å². The van der Waals surface area contributed by atoms with Gasteiger partial charge in [-0.15, -0.1) is 0 Å². The lowest BCUT2D eigenvalue weighted by molar-refractivity contribution is -0.120. The van der Waals surface area contributed by atoms with Crippen molar-refractivity contribution < 1.29 is 14.3 Å². The van der Waals surface area contributed by atoms with Crippen molar-refractivity contribution in [1.29, 1.82) is 0 Å². The highest BCUT2D eigenvalue weighted by molar-refractivity contribution is 5.94. The van der Waals surface area contributed by atoms with Crippen molar-refractivity contribution in [1.82, 2.24) is 0 Å². The molecule has 3 aromatic rings. The fraction of sp³-hybridized carbons (Fsp3) is 0.321. The predicted molar refractivity (Wildman–Crippen MR) is 136 cm³/mol. The van der Waals surface area contributed by atoms with Crippen molar-refractivity contribution in [2.45, 2.75) is 19.4 Å². The number of piperazine rings is 1. The lowest BCUT2D eigenvalue weighted by Gasteiger charge is -2.49. The standard InChI is InChI=1S/C28H31N3O3/c1-19-7-10-22(11-8-19)30-13-14-31-26-17-24(34-3)12-9-20(26)15-25(27(31)18-30)28(32)29-21-5-4-6-23(16-21)33-2/h4-12,16-17,25,27H,13-15,18H2,1-3H3,(H,29,32)/t25-,27-/m0/s1. The van der Waals surface area contributed by atoms with Crippen molar-refractivity contribution in [3.8, 4) is 11.5 Å². The van der Waals surface area contributed by atoms with Gasteiger partial charge < -0.3 is 24.6 Å². The molecule has 1 fully saturated rings. The van der Waals surface area contributed by atoms with Gasteiger partial charge in [-0.3, -0.25) is 4.79 Å². The molecule has 0 radical (unpaired) electrons. The summed E-state index contributed by atoms with van der Waals surface area (Å²) in [5, 5.41) is 3.15. The molecule has 1 amide bonds. The third-order valence-corrected chi connectivity index (χ3v) is 7.00. The Kier molecular flexibility index (Phi) is 6.05. The van der Waals surface area contributed by atoms with Crippen molar-refractivity contribution in [2.24, 2.45) is 5.92 Å². The summed E-state index contributed by atoms with van der Waals surface area (Å²) in [6.07, 6.45) is 0.692. The number of rotatable bonds is 5. The van der Waals surface area contributed by atoms with Crippen LogP contribution in [0.15, 0.2) is 66.7 Å². The fourth-order valence-electron chi connectivity index (χ4n) is 5.13. The van der Waals surface area contributed by atoms with Gasteiger partial charge in [0.1, 0.15) is 11.5 Å². The number of aryl methyl sites for hydroxylation is 1. The van der Waals surface area contributed by atoms with Gasteiger partial charge in [0.15, 0.2) is 0 Å². The Morgan fingerprint density at radius 3 is 2.47 bits per heavy atom. The van der Waals surface area contributed by atoms with Crippen molar-refractivity contribution >= 4 is 23.0 Å². The SMILES string of the molecule is COc1cccc(NC(=O)[C@H]2Cc3ccc(OC)cc3N3CCN(c4ccc(C)cc4)C[C@@H]23)c1. The van der Waals surface area contributed by atoms with E-state index in [2.05, 4.69) is 58.4 Å². The summed E-state index contributed by atoms with van der Waals surface area (Å²) in [4.78, 5) is 18.4. The monoisotopic (exact) mass is 457 g/mol. The summed E-state index contributed by atoms with van der Waals surface area (Å²) in [5.41, 5.74) is 5.57. The summed E-state index contributed by atoms with van der Waals surface area (Å²) in [7, 11) is 3.33. The second-order valence-electron chi connectivity index (χ2n) is 9.07. The van der Waals surface area contributed by atoms with Crippen LogP contribution in [0.2, 0.25) is 0 Å². The second-order valence-corrected chi connectivity index (χ2v) is 9.07. The normalized spacial score (nSPS) is 19.1. The molecule has 1 saturated heterocycles. The number of hydrogen-bond donors (Lipinski definition) is 1. The van der Waals surface area contributed by atoms with E-state index in [0.29, 0.717) is 6.42 Å². The number of fused-ring (bicyclic) bond motifs is 3. The zero-order valence-corrected chi connectivity index (χ0v) is 20.0. The topological polar surface area (TPSA) is 54.0 Å². The molecule has 176 valence electrons. The maximum atomic E-state index is 13.6. The average Bonchev–Trinajstić information content (AvgIpc) is 2.88. The van der Waals surface area contributed by atoms with E-state index in [-0.39, 0.29) is 17.9 Å². The summed E-state index contributed by atoms with van der Waals surface area (Å²) >= 11 is 0. The third-order valence-electron chi connectivity index (χ3n) is 7.00. The van der Waals surface area contributed by atoms with E-state index in [9.17, 15) is 4.79 Å². The highest BCUT2D eigenvalue weighted by Gasteiger charge is 2.41. The number of benzene rings is 3. The number of nitrogens with zero attached hydrogens (tertiary/aromatic N) is 2. The number of hydrogen-bond acceptors (Lipinski definition) is 5. The lowest BCUT2D eigenvalue weighted by atomic mass is 9.83. The molecule has 0 spiro atoms. The minimum Gasteiger partial charge on any atom is -0.497 e. The van der Waals surface area contributed by atoms with Gasteiger partial charge in [0.25, 0.3) is 0 Å². The highest BCUT2D eigenvalue weighted by atomic mass is 16.5. The van der Waals surface area contributed by atoms with Gasteiger partial charge in [0, 0.05) is 48.8 Å². The Morgan fingerprint density at radius 2 is 1.71 bits per heavy atom. The molecule has 0 bridgehead atoms. The number of methoxy groups -OCH3 is 2. The van der Waals surface area contributed by atoms with Crippen molar-refractivity contribution in [3.63, 3.8) is 0 Å². The smallest absolute Gasteiger partial charge is 0.229 e. The van der Waals surface area contributed by atoms with Crippen LogP contribution in [0.25, 0.3) is 0 Å². The molecule has 34 heavy (non-hydrogen) atoms. The Hall–Kier alpha value is -3.67. The fourth-order valence-corrected chi connectivity index (χ4v) is 5.13. The van der Waals surface area contributed by atoms with Crippen LogP contribution in [-0.2, 0) is 11.2 Å². The molecule has 1 N–H and O–H groups in total. The van der Waals surface area contributed by atoms with Gasteiger partial charge in [0.2, 0.25) is 5.91 Å². The van der Waals surface area contributed by atoms with Gasteiger partial charge in [-0.05, 0) is 49.2 Å². The number of amides is 1. The summed E-state index contributed by atoms with van der Waals surface area (Å²) in [5.74, 6) is 1.43. The first kappa shape index (κ1) is 22.1. The molecule has 2 atom stereocenters. The molecule has 6 heteroatoms. The predicted octanol–water partition coefficient (Wildman–Crippen LogP) is 4.52. The molecule has 2 aliphatic rings. The van der Waals surface area contributed by atoms with Crippen LogP contribution >= 0.6 is 0 Å². The van der Waals surface area contributed by atoms with E-state index < -0.39 is 0 Å². The molecule has 0 saturated carbocycles. The second kappa shape index (κ2) is 9.29. The zero-order valence-electron chi connectivity index (χ0n) is 20.0.